The highest BCUT2D eigenvalue weighted by molar-refractivity contribution is 6.63. The number of benzene rings is 1. The van der Waals surface area contributed by atoms with Gasteiger partial charge in [-0.15, -0.1) is 0 Å². The van der Waals surface area contributed by atoms with Crippen LogP contribution >= 0.6 is 34.8 Å². The maximum absolute atomic E-state index is 10.7. The van der Waals surface area contributed by atoms with E-state index in [4.69, 9.17) is 34.8 Å². The zero-order valence-corrected chi connectivity index (χ0v) is 11.0. The standard InChI is InChI=1S/C12H8Cl3NO/c13-9-2-3-10-8(6-9)5-7(12(15)16-10)1-4-11(14)17/h2-3,5-6H,1,4H2. The number of aromatic nitrogens is 1. The molecule has 2 nitrogen and oxygen atoms in total. The van der Waals surface area contributed by atoms with Crippen LogP contribution in [0.1, 0.15) is 12.0 Å². The van der Waals surface area contributed by atoms with E-state index in [2.05, 4.69) is 4.98 Å². The summed E-state index contributed by atoms with van der Waals surface area (Å²) in [6, 6.07) is 7.26. The molecule has 5 heteroatoms. The monoisotopic (exact) mass is 287 g/mol. The van der Waals surface area contributed by atoms with E-state index in [1.54, 1.807) is 12.1 Å². The summed E-state index contributed by atoms with van der Waals surface area (Å²) in [5, 5.41) is 1.56. The summed E-state index contributed by atoms with van der Waals surface area (Å²) in [6.07, 6.45) is 0.728. The van der Waals surface area contributed by atoms with Gasteiger partial charge >= 0.3 is 0 Å². The van der Waals surface area contributed by atoms with Gasteiger partial charge in [0.05, 0.1) is 5.52 Å². The normalized spacial score (nSPS) is 10.8. The lowest BCUT2D eigenvalue weighted by Crippen LogP contribution is -1.95. The molecule has 2 aromatic rings. The van der Waals surface area contributed by atoms with E-state index < -0.39 is 0 Å². The van der Waals surface area contributed by atoms with Crippen LogP contribution in [0.2, 0.25) is 10.2 Å². The number of aryl methyl sites for hydroxylation is 1. The molecule has 0 saturated heterocycles. The zero-order chi connectivity index (χ0) is 12.4. The van der Waals surface area contributed by atoms with Gasteiger partial charge in [-0.05, 0) is 47.9 Å². The van der Waals surface area contributed by atoms with Crippen molar-refractivity contribution >= 4 is 50.9 Å². The first-order chi connectivity index (χ1) is 8.06. The molecule has 0 aliphatic rings. The highest BCUT2D eigenvalue weighted by Gasteiger charge is 2.07. The summed E-state index contributed by atoms with van der Waals surface area (Å²) in [4.78, 5) is 15.0. The van der Waals surface area contributed by atoms with Gasteiger partial charge < -0.3 is 0 Å². The van der Waals surface area contributed by atoms with E-state index in [1.165, 1.54) is 0 Å². The van der Waals surface area contributed by atoms with Crippen LogP contribution in [0.5, 0.6) is 0 Å². The highest BCUT2D eigenvalue weighted by atomic mass is 35.5. The second-order valence-electron chi connectivity index (χ2n) is 3.63. The van der Waals surface area contributed by atoms with Crippen molar-refractivity contribution in [2.75, 3.05) is 0 Å². The SMILES string of the molecule is O=C(Cl)CCc1cc2cc(Cl)ccc2nc1Cl. The summed E-state index contributed by atoms with van der Waals surface area (Å²) in [5.41, 5.74) is 1.58. The van der Waals surface area contributed by atoms with E-state index in [-0.39, 0.29) is 11.7 Å². The minimum atomic E-state index is -0.382. The van der Waals surface area contributed by atoms with Crippen LogP contribution in [0.15, 0.2) is 24.3 Å². The Kier molecular flexibility index (Phi) is 3.87. The predicted octanol–water partition coefficient (Wildman–Crippen LogP) is 4.24. The van der Waals surface area contributed by atoms with Gasteiger partial charge in [-0.3, -0.25) is 4.79 Å². The Hall–Kier alpha value is -0.830. The number of carbonyl (C=O) groups is 1. The number of hydrogen-bond acceptors (Lipinski definition) is 2. The van der Waals surface area contributed by atoms with Gasteiger partial charge in [0, 0.05) is 16.8 Å². The van der Waals surface area contributed by atoms with Gasteiger partial charge in [0.1, 0.15) is 5.15 Å². The van der Waals surface area contributed by atoms with E-state index >= 15 is 0 Å². The molecule has 0 radical (unpaired) electrons. The minimum Gasteiger partial charge on any atom is -0.281 e. The van der Waals surface area contributed by atoms with Crippen molar-refractivity contribution in [3.05, 3.63) is 40.0 Å². The molecule has 0 spiro atoms. The second kappa shape index (κ2) is 5.21. The first-order valence-corrected chi connectivity index (χ1v) is 6.12. The topological polar surface area (TPSA) is 30.0 Å². The third-order valence-corrected chi connectivity index (χ3v) is 3.15. The third kappa shape index (κ3) is 3.09. The first-order valence-electron chi connectivity index (χ1n) is 4.99. The molecule has 0 N–H and O–H groups in total. The molecule has 88 valence electrons. The molecule has 0 saturated carbocycles. The van der Waals surface area contributed by atoms with Crippen molar-refractivity contribution in [2.45, 2.75) is 12.8 Å². The van der Waals surface area contributed by atoms with Crippen molar-refractivity contribution in [2.24, 2.45) is 0 Å². The Morgan fingerprint density at radius 2 is 2.00 bits per heavy atom. The molecular weight excluding hydrogens is 280 g/mol. The van der Waals surface area contributed by atoms with E-state index in [9.17, 15) is 4.79 Å². The van der Waals surface area contributed by atoms with E-state index in [1.807, 2.05) is 12.1 Å². The number of fused-ring (bicyclic) bond motifs is 1. The van der Waals surface area contributed by atoms with Crippen LogP contribution in [0.25, 0.3) is 10.9 Å². The number of nitrogens with zero attached hydrogens (tertiary/aromatic N) is 1. The highest BCUT2D eigenvalue weighted by Crippen LogP contribution is 2.24. The predicted molar refractivity (Wildman–Crippen MR) is 70.9 cm³/mol. The lowest BCUT2D eigenvalue weighted by atomic mass is 10.1. The van der Waals surface area contributed by atoms with Crippen LogP contribution in [0, 0.1) is 0 Å². The third-order valence-electron chi connectivity index (χ3n) is 2.39. The molecule has 0 unspecified atom stereocenters. The molecule has 0 fully saturated rings. The largest absolute Gasteiger partial charge is 0.281 e. The van der Waals surface area contributed by atoms with Crippen LogP contribution in [0.4, 0.5) is 0 Å². The van der Waals surface area contributed by atoms with Crippen LogP contribution in [0.3, 0.4) is 0 Å². The molecule has 0 amide bonds. The molecule has 17 heavy (non-hydrogen) atoms. The summed E-state index contributed by atoms with van der Waals surface area (Å²) >= 11 is 17.2. The Labute approximate surface area is 113 Å². The van der Waals surface area contributed by atoms with Gasteiger partial charge in [0.25, 0.3) is 0 Å². The Balaban J connectivity index is 2.42. The van der Waals surface area contributed by atoms with Gasteiger partial charge in [-0.2, -0.15) is 0 Å². The maximum atomic E-state index is 10.7. The van der Waals surface area contributed by atoms with Gasteiger partial charge in [-0.1, -0.05) is 23.2 Å². The number of rotatable bonds is 3. The molecule has 0 aliphatic carbocycles. The fourth-order valence-electron chi connectivity index (χ4n) is 1.58. The molecule has 1 aromatic carbocycles. The van der Waals surface area contributed by atoms with Gasteiger partial charge in [-0.25, -0.2) is 4.98 Å². The molecular formula is C12H8Cl3NO. The maximum Gasteiger partial charge on any atom is 0.221 e. The summed E-state index contributed by atoms with van der Waals surface area (Å²) in [6.45, 7) is 0. The first kappa shape index (κ1) is 12.6. The molecule has 0 bridgehead atoms. The lowest BCUT2D eigenvalue weighted by Gasteiger charge is -2.05. The van der Waals surface area contributed by atoms with Crippen molar-refractivity contribution in [1.29, 1.82) is 0 Å². The van der Waals surface area contributed by atoms with Crippen molar-refractivity contribution in [3.8, 4) is 0 Å². The number of halogens is 3. The Morgan fingerprint density at radius 3 is 2.71 bits per heavy atom. The van der Waals surface area contributed by atoms with Crippen molar-refractivity contribution in [3.63, 3.8) is 0 Å². The molecule has 2 rings (SSSR count). The zero-order valence-electron chi connectivity index (χ0n) is 8.71. The van der Waals surface area contributed by atoms with Gasteiger partial charge in [0.2, 0.25) is 5.24 Å². The van der Waals surface area contributed by atoms with E-state index in [0.717, 1.165) is 16.5 Å². The minimum absolute atomic E-state index is 0.245. The van der Waals surface area contributed by atoms with Crippen LogP contribution in [-0.4, -0.2) is 10.2 Å². The number of carbonyl (C=O) groups excluding carboxylic acids is 1. The Bertz CT molecular complexity index is 583. The summed E-state index contributed by atoms with van der Waals surface area (Å²) < 4.78 is 0. The number of pyridine rings is 1. The quantitative estimate of drug-likeness (QED) is 0.624. The molecule has 1 aromatic heterocycles. The van der Waals surface area contributed by atoms with Crippen LogP contribution < -0.4 is 0 Å². The molecule has 0 atom stereocenters. The second-order valence-corrected chi connectivity index (χ2v) is 4.85. The summed E-state index contributed by atoms with van der Waals surface area (Å²) in [5.74, 6) is 0. The van der Waals surface area contributed by atoms with Gasteiger partial charge in [0.15, 0.2) is 0 Å². The van der Waals surface area contributed by atoms with Crippen LogP contribution in [-0.2, 0) is 11.2 Å². The molecule has 0 aliphatic heterocycles. The molecule has 1 heterocycles. The average molecular weight is 289 g/mol. The fraction of sp³-hybridized carbons (Fsp3) is 0.167. The smallest absolute Gasteiger partial charge is 0.221 e. The fourth-order valence-corrected chi connectivity index (χ4v) is 2.09. The Morgan fingerprint density at radius 1 is 1.24 bits per heavy atom. The van der Waals surface area contributed by atoms with Crippen molar-refractivity contribution in [1.82, 2.24) is 4.98 Å². The number of hydrogen-bond donors (Lipinski definition) is 0. The average Bonchev–Trinajstić information content (AvgIpc) is 2.26. The van der Waals surface area contributed by atoms with Crippen molar-refractivity contribution < 1.29 is 4.79 Å². The van der Waals surface area contributed by atoms with E-state index in [0.29, 0.717) is 16.6 Å². The lowest BCUT2D eigenvalue weighted by molar-refractivity contribution is -0.111. The summed E-state index contributed by atoms with van der Waals surface area (Å²) in [7, 11) is 0.